The predicted octanol–water partition coefficient (Wildman–Crippen LogP) is 3.56. The lowest BCUT2D eigenvalue weighted by atomic mass is 10.2. The highest BCUT2D eigenvalue weighted by atomic mass is 127. The van der Waals surface area contributed by atoms with Gasteiger partial charge < -0.3 is 20.5 Å². The highest BCUT2D eigenvalue weighted by Gasteiger charge is 2.03. The molecule has 2 rings (SSSR count). The molecule has 136 valence electrons. The van der Waals surface area contributed by atoms with Gasteiger partial charge in [-0.2, -0.15) is 0 Å². The molecule has 1 heterocycles. The Bertz CT molecular complexity index is 675. The number of anilines is 1. The molecular weight excluding hydrogens is 431 g/mol. The number of pyridine rings is 1. The maximum Gasteiger partial charge on any atom is 0.213 e. The predicted molar refractivity (Wildman–Crippen MR) is 112 cm³/mol. The minimum atomic E-state index is 0. The lowest BCUT2D eigenvalue weighted by Gasteiger charge is -2.11. The Hall–Kier alpha value is -1.87. The minimum Gasteiger partial charge on any atom is -0.475 e. The third-order valence-corrected chi connectivity index (χ3v) is 3.17. The molecule has 7 heteroatoms. The van der Waals surface area contributed by atoms with Gasteiger partial charge in [0.15, 0.2) is 5.96 Å². The molecule has 0 bridgehead atoms. The fourth-order valence-corrected chi connectivity index (χ4v) is 2.09. The first-order chi connectivity index (χ1) is 11.6. The Morgan fingerprint density at radius 2 is 2.00 bits per heavy atom. The van der Waals surface area contributed by atoms with Gasteiger partial charge >= 0.3 is 0 Å². The monoisotopic (exact) mass is 456 g/mol. The Balaban J connectivity index is 0.00000312. The number of aliphatic imine (C=N–C) groups is 1. The molecule has 3 N–H and O–H groups in total. The van der Waals surface area contributed by atoms with E-state index in [1.165, 1.54) is 0 Å². The molecule has 0 radical (unpaired) electrons. The summed E-state index contributed by atoms with van der Waals surface area (Å²) in [6.07, 6.45) is 1.85. The Morgan fingerprint density at radius 3 is 2.64 bits per heavy atom. The number of rotatable bonds is 7. The number of nitrogens with zero attached hydrogens (tertiary/aromatic N) is 2. The van der Waals surface area contributed by atoms with Crippen LogP contribution in [0.4, 0.5) is 5.69 Å². The molecule has 0 aliphatic carbocycles. The fraction of sp³-hybridized carbons (Fsp3) is 0.333. The Labute approximate surface area is 165 Å². The van der Waals surface area contributed by atoms with Crippen molar-refractivity contribution >= 4 is 35.6 Å². The van der Waals surface area contributed by atoms with Gasteiger partial charge in [-0.15, -0.1) is 24.0 Å². The Kier molecular flexibility index (Phi) is 9.22. The largest absolute Gasteiger partial charge is 0.475 e. The van der Waals surface area contributed by atoms with Crippen molar-refractivity contribution in [3.8, 4) is 5.88 Å². The molecule has 25 heavy (non-hydrogen) atoms. The lowest BCUT2D eigenvalue weighted by molar-refractivity contribution is 0.185. The molecule has 0 spiro atoms. The molecule has 1 aromatic heterocycles. The lowest BCUT2D eigenvalue weighted by Crippen LogP contribution is -2.23. The van der Waals surface area contributed by atoms with Crippen LogP contribution in [0.5, 0.6) is 5.88 Å². The van der Waals surface area contributed by atoms with Crippen LogP contribution in [0, 0.1) is 0 Å². The first kappa shape index (κ1) is 21.2. The average molecular weight is 456 g/mol. The van der Waals surface area contributed by atoms with Gasteiger partial charge in [0.2, 0.25) is 5.88 Å². The topological polar surface area (TPSA) is 81.8 Å². The summed E-state index contributed by atoms with van der Waals surface area (Å²) in [5, 5.41) is 3.11. The van der Waals surface area contributed by atoms with E-state index in [0.717, 1.165) is 16.8 Å². The molecule has 0 amide bonds. The van der Waals surface area contributed by atoms with Gasteiger partial charge in [0.1, 0.15) is 0 Å². The van der Waals surface area contributed by atoms with Crippen LogP contribution in [0.2, 0.25) is 0 Å². The number of aromatic nitrogens is 1. The third kappa shape index (κ3) is 7.27. The second-order valence-corrected chi connectivity index (χ2v) is 5.59. The molecule has 0 fully saturated rings. The Morgan fingerprint density at radius 1 is 1.24 bits per heavy atom. The molecule has 0 saturated heterocycles. The molecule has 0 atom stereocenters. The maximum atomic E-state index is 5.97. The molecule has 0 aliphatic heterocycles. The summed E-state index contributed by atoms with van der Waals surface area (Å²) >= 11 is 0. The van der Waals surface area contributed by atoms with Gasteiger partial charge in [0.25, 0.3) is 0 Å². The molecule has 2 aromatic rings. The minimum absolute atomic E-state index is 0. The summed E-state index contributed by atoms with van der Waals surface area (Å²) in [6.45, 7) is 4.89. The number of para-hydroxylation sites is 1. The SMILES string of the molecule is COCc1ccccc1NC(N)=NCc1ccc(OC(C)C)nc1.I. The number of nitrogens with two attached hydrogens (primary N) is 1. The highest BCUT2D eigenvalue weighted by Crippen LogP contribution is 2.15. The number of hydrogen-bond donors (Lipinski definition) is 2. The zero-order valence-electron chi connectivity index (χ0n) is 14.7. The number of nitrogens with one attached hydrogen (secondary N) is 1. The number of hydrogen-bond acceptors (Lipinski definition) is 4. The van der Waals surface area contributed by atoms with E-state index in [1.54, 1.807) is 13.3 Å². The smallest absolute Gasteiger partial charge is 0.213 e. The van der Waals surface area contributed by atoms with E-state index in [4.69, 9.17) is 15.2 Å². The van der Waals surface area contributed by atoms with Gasteiger partial charge in [-0.1, -0.05) is 24.3 Å². The zero-order chi connectivity index (χ0) is 17.4. The molecule has 0 saturated carbocycles. The second-order valence-electron chi connectivity index (χ2n) is 5.59. The van der Waals surface area contributed by atoms with Crippen molar-refractivity contribution in [2.45, 2.75) is 33.1 Å². The van der Waals surface area contributed by atoms with Crippen LogP contribution >= 0.6 is 24.0 Å². The van der Waals surface area contributed by atoms with Crippen LogP contribution < -0.4 is 15.8 Å². The van der Waals surface area contributed by atoms with Crippen molar-refractivity contribution in [1.82, 2.24) is 4.98 Å². The van der Waals surface area contributed by atoms with E-state index in [-0.39, 0.29) is 30.1 Å². The van der Waals surface area contributed by atoms with Crippen LogP contribution in [0.3, 0.4) is 0 Å². The van der Waals surface area contributed by atoms with Crippen molar-refractivity contribution in [2.75, 3.05) is 12.4 Å². The summed E-state index contributed by atoms with van der Waals surface area (Å²) in [7, 11) is 1.66. The second kappa shape index (κ2) is 10.9. The quantitative estimate of drug-likeness (QED) is 0.378. The van der Waals surface area contributed by atoms with Crippen molar-refractivity contribution in [3.63, 3.8) is 0 Å². The van der Waals surface area contributed by atoms with Crippen LogP contribution in [0.15, 0.2) is 47.6 Å². The molecule has 0 unspecified atom stereocenters. The van der Waals surface area contributed by atoms with Crippen molar-refractivity contribution in [3.05, 3.63) is 53.7 Å². The molecule has 0 aliphatic rings. The van der Waals surface area contributed by atoms with Gasteiger partial charge in [-0.3, -0.25) is 0 Å². The molecular formula is C18H25IN4O2. The van der Waals surface area contributed by atoms with Crippen LogP contribution in [0.1, 0.15) is 25.0 Å². The van der Waals surface area contributed by atoms with Crippen molar-refractivity contribution in [1.29, 1.82) is 0 Å². The number of benzene rings is 1. The van der Waals surface area contributed by atoms with Crippen LogP contribution in [-0.4, -0.2) is 24.2 Å². The van der Waals surface area contributed by atoms with E-state index in [9.17, 15) is 0 Å². The number of ether oxygens (including phenoxy) is 2. The summed E-state index contributed by atoms with van der Waals surface area (Å²) in [5.74, 6) is 0.957. The highest BCUT2D eigenvalue weighted by molar-refractivity contribution is 14.0. The van der Waals surface area contributed by atoms with E-state index >= 15 is 0 Å². The summed E-state index contributed by atoms with van der Waals surface area (Å²) in [4.78, 5) is 8.59. The van der Waals surface area contributed by atoms with E-state index in [0.29, 0.717) is 25.0 Å². The number of halogens is 1. The van der Waals surface area contributed by atoms with Crippen molar-refractivity contribution < 1.29 is 9.47 Å². The van der Waals surface area contributed by atoms with E-state index < -0.39 is 0 Å². The average Bonchev–Trinajstić information content (AvgIpc) is 2.56. The van der Waals surface area contributed by atoms with Crippen LogP contribution in [0.25, 0.3) is 0 Å². The number of guanidine groups is 1. The third-order valence-electron chi connectivity index (χ3n) is 3.17. The van der Waals surface area contributed by atoms with Crippen molar-refractivity contribution in [2.24, 2.45) is 10.7 Å². The summed E-state index contributed by atoms with van der Waals surface area (Å²) in [6, 6.07) is 11.6. The molecule has 6 nitrogen and oxygen atoms in total. The normalized spacial score (nSPS) is 11.1. The van der Waals surface area contributed by atoms with Gasteiger partial charge in [-0.25, -0.2) is 9.98 Å². The molecule has 1 aromatic carbocycles. The number of methoxy groups -OCH3 is 1. The first-order valence-corrected chi connectivity index (χ1v) is 7.84. The van der Waals surface area contributed by atoms with E-state index in [1.807, 2.05) is 50.2 Å². The van der Waals surface area contributed by atoms with Gasteiger partial charge in [-0.05, 0) is 25.5 Å². The maximum absolute atomic E-state index is 5.97. The fourth-order valence-electron chi connectivity index (χ4n) is 2.09. The summed E-state index contributed by atoms with van der Waals surface area (Å²) in [5.41, 5.74) is 8.84. The van der Waals surface area contributed by atoms with E-state index in [2.05, 4.69) is 15.3 Å². The summed E-state index contributed by atoms with van der Waals surface area (Å²) < 4.78 is 10.7. The standard InChI is InChI=1S/C18H24N4O2.HI/c1-13(2)24-17-9-8-14(10-20-17)11-21-18(19)22-16-7-5-4-6-15(16)12-23-3;/h4-10,13H,11-12H2,1-3H3,(H3,19,21,22);1H. The van der Waals surface area contributed by atoms with Gasteiger partial charge in [0.05, 0.1) is 19.3 Å². The van der Waals surface area contributed by atoms with Gasteiger partial charge in [0, 0.05) is 30.6 Å². The zero-order valence-corrected chi connectivity index (χ0v) is 17.1. The van der Waals surface area contributed by atoms with Crippen LogP contribution in [-0.2, 0) is 17.9 Å². The first-order valence-electron chi connectivity index (χ1n) is 7.84.